The number of rotatable bonds is 7. The van der Waals surface area contributed by atoms with Crippen molar-refractivity contribution in [3.8, 4) is 0 Å². The van der Waals surface area contributed by atoms with Gasteiger partial charge in [0.1, 0.15) is 5.76 Å². The molecule has 0 aromatic carbocycles. The molecule has 0 unspecified atom stereocenters. The Labute approximate surface area is 116 Å². The SMILES string of the molecule is CCN(Cc1cc(CNC2CC2)co1)C1CCCC1. The van der Waals surface area contributed by atoms with Gasteiger partial charge in [0.25, 0.3) is 0 Å². The van der Waals surface area contributed by atoms with E-state index in [1.807, 2.05) is 6.26 Å². The highest BCUT2D eigenvalue weighted by Gasteiger charge is 2.23. The van der Waals surface area contributed by atoms with Crippen molar-refractivity contribution >= 4 is 0 Å². The maximum absolute atomic E-state index is 5.73. The van der Waals surface area contributed by atoms with Crippen molar-refractivity contribution in [2.24, 2.45) is 0 Å². The van der Waals surface area contributed by atoms with Crippen LogP contribution < -0.4 is 5.32 Å². The maximum Gasteiger partial charge on any atom is 0.118 e. The molecule has 0 bridgehead atoms. The molecule has 106 valence electrons. The zero-order valence-corrected chi connectivity index (χ0v) is 12.0. The van der Waals surface area contributed by atoms with Gasteiger partial charge in [-0.1, -0.05) is 19.8 Å². The summed E-state index contributed by atoms with van der Waals surface area (Å²) in [4.78, 5) is 2.57. The molecule has 0 saturated heterocycles. The van der Waals surface area contributed by atoms with Crippen molar-refractivity contribution in [3.63, 3.8) is 0 Å². The van der Waals surface area contributed by atoms with Gasteiger partial charge >= 0.3 is 0 Å². The number of hydrogen-bond acceptors (Lipinski definition) is 3. The van der Waals surface area contributed by atoms with Crippen molar-refractivity contribution in [3.05, 3.63) is 23.7 Å². The molecule has 3 heteroatoms. The van der Waals surface area contributed by atoms with Gasteiger partial charge in [0, 0.05) is 24.2 Å². The highest BCUT2D eigenvalue weighted by atomic mass is 16.3. The fourth-order valence-corrected chi connectivity index (χ4v) is 3.12. The number of nitrogens with zero attached hydrogens (tertiary/aromatic N) is 1. The van der Waals surface area contributed by atoms with E-state index in [2.05, 4.69) is 23.2 Å². The third-order valence-corrected chi connectivity index (χ3v) is 4.49. The van der Waals surface area contributed by atoms with E-state index in [9.17, 15) is 0 Å². The lowest BCUT2D eigenvalue weighted by molar-refractivity contribution is 0.185. The second-order valence-corrected chi connectivity index (χ2v) is 6.08. The Morgan fingerprint density at radius 3 is 2.74 bits per heavy atom. The minimum Gasteiger partial charge on any atom is -0.468 e. The molecule has 0 spiro atoms. The Morgan fingerprint density at radius 1 is 1.26 bits per heavy atom. The fourth-order valence-electron chi connectivity index (χ4n) is 3.12. The van der Waals surface area contributed by atoms with Gasteiger partial charge in [-0.25, -0.2) is 0 Å². The quantitative estimate of drug-likeness (QED) is 0.817. The summed E-state index contributed by atoms with van der Waals surface area (Å²) in [6.07, 6.45) is 10.1. The Balaban J connectivity index is 1.52. The summed E-state index contributed by atoms with van der Waals surface area (Å²) >= 11 is 0. The van der Waals surface area contributed by atoms with Crippen LogP contribution in [-0.4, -0.2) is 23.5 Å². The summed E-state index contributed by atoms with van der Waals surface area (Å²) in [5.41, 5.74) is 1.30. The van der Waals surface area contributed by atoms with E-state index in [-0.39, 0.29) is 0 Å². The maximum atomic E-state index is 5.73. The first-order valence-electron chi connectivity index (χ1n) is 7.89. The predicted octanol–water partition coefficient (Wildman–Crippen LogP) is 3.30. The second kappa shape index (κ2) is 6.10. The molecule has 1 aromatic heterocycles. The summed E-state index contributed by atoms with van der Waals surface area (Å²) in [5.74, 6) is 1.13. The molecule has 2 saturated carbocycles. The van der Waals surface area contributed by atoms with E-state index in [0.29, 0.717) is 0 Å². The highest BCUT2D eigenvalue weighted by Crippen LogP contribution is 2.25. The zero-order valence-electron chi connectivity index (χ0n) is 12.0. The first-order chi connectivity index (χ1) is 9.35. The minimum atomic E-state index is 0.768. The van der Waals surface area contributed by atoms with Crippen LogP contribution in [0, 0.1) is 0 Å². The van der Waals surface area contributed by atoms with Crippen molar-refractivity contribution in [1.29, 1.82) is 0 Å². The van der Waals surface area contributed by atoms with Crippen molar-refractivity contribution < 1.29 is 4.42 Å². The topological polar surface area (TPSA) is 28.4 Å². The lowest BCUT2D eigenvalue weighted by Crippen LogP contribution is -2.32. The Bertz CT molecular complexity index is 391. The Morgan fingerprint density at radius 2 is 2.05 bits per heavy atom. The molecular formula is C16H26N2O. The van der Waals surface area contributed by atoms with Crippen LogP contribution in [0.3, 0.4) is 0 Å². The first-order valence-corrected chi connectivity index (χ1v) is 7.89. The van der Waals surface area contributed by atoms with E-state index in [1.165, 1.54) is 44.1 Å². The molecule has 1 aromatic rings. The molecule has 2 aliphatic rings. The van der Waals surface area contributed by atoms with E-state index >= 15 is 0 Å². The molecule has 1 heterocycles. The van der Waals surface area contributed by atoms with Crippen molar-refractivity contribution in [2.75, 3.05) is 6.54 Å². The summed E-state index contributed by atoms with van der Waals surface area (Å²) in [6.45, 7) is 5.33. The highest BCUT2D eigenvalue weighted by molar-refractivity contribution is 5.13. The Kier molecular flexibility index (Phi) is 4.24. The largest absolute Gasteiger partial charge is 0.468 e. The average molecular weight is 262 g/mol. The zero-order chi connectivity index (χ0) is 13.1. The van der Waals surface area contributed by atoms with Gasteiger partial charge in [-0.15, -0.1) is 0 Å². The fraction of sp³-hybridized carbons (Fsp3) is 0.750. The van der Waals surface area contributed by atoms with E-state index in [4.69, 9.17) is 4.42 Å². The molecule has 19 heavy (non-hydrogen) atoms. The van der Waals surface area contributed by atoms with Crippen LogP contribution in [0.1, 0.15) is 56.8 Å². The van der Waals surface area contributed by atoms with Gasteiger partial charge in [-0.3, -0.25) is 4.90 Å². The second-order valence-electron chi connectivity index (χ2n) is 6.08. The van der Waals surface area contributed by atoms with E-state index < -0.39 is 0 Å². The molecule has 0 aliphatic heterocycles. The summed E-state index contributed by atoms with van der Waals surface area (Å²) in [7, 11) is 0. The average Bonchev–Trinajstić information content (AvgIpc) is 2.93. The minimum absolute atomic E-state index is 0.768. The van der Waals surface area contributed by atoms with E-state index in [1.54, 1.807) is 0 Å². The Hall–Kier alpha value is -0.800. The standard InChI is InChI=1S/C16H26N2O/c1-2-18(15-5-3-4-6-15)11-16-9-13(12-19-16)10-17-14-7-8-14/h9,12,14-15,17H,2-8,10-11H2,1H3. The predicted molar refractivity (Wildman–Crippen MR) is 76.9 cm³/mol. The molecule has 2 fully saturated rings. The molecule has 3 rings (SSSR count). The smallest absolute Gasteiger partial charge is 0.118 e. The van der Waals surface area contributed by atoms with Crippen LogP contribution in [0.2, 0.25) is 0 Å². The number of furan rings is 1. The summed E-state index contributed by atoms with van der Waals surface area (Å²) < 4.78 is 5.73. The van der Waals surface area contributed by atoms with Crippen LogP contribution in [-0.2, 0) is 13.1 Å². The van der Waals surface area contributed by atoms with Crippen molar-refractivity contribution in [2.45, 2.75) is 70.6 Å². The summed E-state index contributed by atoms with van der Waals surface area (Å²) in [6, 6.07) is 3.78. The summed E-state index contributed by atoms with van der Waals surface area (Å²) in [5, 5.41) is 3.54. The van der Waals surface area contributed by atoms with Crippen LogP contribution in [0.4, 0.5) is 0 Å². The normalized spacial score (nSPS) is 20.5. The van der Waals surface area contributed by atoms with E-state index in [0.717, 1.165) is 37.5 Å². The van der Waals surface area contributed by atoms with Gasteiger partial charge in [-0.2, -0.15) is 0 Å². The lowest BCUT2D eigenvalue weighted by atomic mass is 10.2. The third kappa shape index (κ3) is 3.61. The van der Waals surface area contributed by atoms with Crippen LogP contribution in [0.5, 0.6) is 0 Å². The van der Waals surface area contributed by atoms with Crippen molar-refractivity contribution in [1.82, 2.24) is 10.2 Å². The molecule has 2 aliphatic carbocycles. The molecular weight excluding hydrogens is 236 g/mol. The molecule has 0 atom stereocenters. The molecule has 0 radical (unpaired) electrons. The lowest BCUT2D eigenvalue weighted by Gasteiger charge is -2.26. The number of hydrogen-bond donors (Lipinski definition) is 1. The number of nitrogens with one attached hydrogen (secondary N) is 1. The van der Waals surface area contributed by atoms with Crippen LogP contribution in [0.15, 0.2) is 16.7 Å². The van der Waals surface area contributed by atoms with Crippen LogP contribution in [0.25, 0.3) is 0 Å². The molecule has 3 nitrogen and oxygen atoms in total. The van der Waals surface area contributed by atoms with Crippen LogP contribution >= 0.6 is 0 Å². The van der Waals surface area contributed by atoms with Gasteiger partial charge in [0.05, 0.1) is 12.8 Å². The first kappa shape index (κ1) is 13.2. The van der Waals surface area contributed by atoms with Gasteiger partial charge in [0.15, 0.2) is 0 Å². The van der Waals surface area contributed by atoms with Gasteiger partial charge in [0.2, 0.25) is 0 Å². The molecule has 1 N–H and O–H groups in total. The van der Waals surface area contributed by atoms with Gasteiger partial charge < -0.3 is 9.73 Å². The third-order valence-electron chi connectivity index (χ3n) is 4.49. The van der Waals surface area contributed by atoms with Gasteiger partial charge in [-0.05, 0) is 38.3 Å². The monoisotopic (exact) mass is 262 g/mol. The molecule has 0 amide bonds.